The lowest BCUT2D eigenvalue weighted by molar-refractivity contribution is -0.117. The molecule has 1 atom stereocenters. The van der Waals surface area contributed by atoms with Crippen LogP contribution in [0.2, 0.25) is 5.02 Å². The van der Waals surface area contributed by atoms with Gasteiger partial charge in [0.15, 0.2) is 0 Å². The fourth-order valence-corrected chi connectivity index (χ4v) is 4.83. The number of amides is 2. The molecule has 2 saturated heterocycles. The van der Waals surface area contributed by atoms with Gasteiger partial charge in [0.25, 0.3) is 5.91 Å². The molecule has 2 aromatic carbocycles. The number of nitrogens with zero attached hydrogens (tertiary/aromatic N) is 2. The van der Waals surface area contributed by atoms with Crippen LogP contribution in [0.4, 0.5) is 5.69 Å². The summed E-state index contributed by atoms with van der Waals surface area (Å²) in [6, 6.07) is 13.4. The van der Waals surface area contributed by atoms with Gasteiger partial charge in [-0.05, 0) is 42.2 Å². The van der Waals surface area contributed by atoms with Crippen molar-refractivity contribution in [2.75, 3.05) is 24.5 Å². The second kappa shape index (κ2) is 6.61. The topological polar surface area (TPSA) is 49.9 Å². The molecule has 0 aromatic heterocycles. The normalized spacial score (nSPS) is 23.7. The number of rotatable bonds is 2. The number of hydrogen-bond acceptors (Lipinski definition) is 3. The fourth-order valence-electron chi connectivity index (χ4n) is 4.62. The van der Waals surface area contributed by atoms with E-state index < -0.39 is 5.60 Å². The van der Waals surface area contributed by atoms with Crippen LogP contribution in [-0.2, 0) is 21.7 Å². The van der Waals surface area contributed by atoms with E-state index in [2.05, 4.69) is 12.1 Å². The van der Waals surface area contributed by atoms with Gasteiger partial charge in [-0.1, -0.05) is 35.9 Å². The summed E-state index contributed by atoms with van der Waals surface area (Å²) in [5.41, 5.74) is 3.20. The summed E-state index contributed by atoms with van der Waals surface area (Å²) in [6.07, 6.45) is 2.14. The van der Waals surface area contributed by atoms with E-state index in [1.807, 2.05) is 17.0 Å². The molecule has 2 aromatic rings. The largest absolute Gasteiger partial charge is 0.364 e. The van der Waals surface area contributed by atoms with Gasteiger partial charge in [-0.25, -0.2) is 0 Å². The van der Waals surface area contributed by atoms with E-state index in [4.69, 9.17) is 16.3 Å². The first-order chi connectivity index (χ1) is 13.6. The summed E-state index contributed by atoms with van der Waals surface area (Å²) in [5, 5.41) is 0.498. The second-order valence-electron chi connectivity index (χ2n) is 7.73. The first-order valence-corrected chi connectivity index (χ1v) is 10.1. The van der Waals surface area contributed by atoms with Gasteiger partial charge in [0.05, 0.1) is 23.9 Å². The quantitative estimate of drug-likeness (QED) is 0.777. The standard InChI is InChI=1S/C22H21ClN2O3/c23-18-8-7-15(12-19(18)25-10-3-6-20(25)26)21(27)24-11-9-22(14-24)17-5-2-1-4-16(17)13-28-22/h1-2,4-5,7-8,12H,3,6,9-11,13-14H2. The molecule has 2 amide bonds. The fraction of sp³-hybridized carbons (Fsp3) is 0.364. The Balaban J connectivity index is 1.40. The molecular weight excluding hydrogens is 376 g/mol. The molecule has 0 saturated carbocycles. The van der Waals surface area contributed by atoms with E-state index in [0.717, 1.165) is 12.8 Å². The SMILES string of the molecule is O=C(c1ccc(Cl)c(N2CCCC2=O)c1)N1CCC2(C1)OCc1ccccc12. The Kier molecular flexibility index (Phi) is 4.18. The zero-order valence-corrected chi connectivity index (χ0v) is 16.2. The van der Waals surface area contributed by atoms with Gasteiger partial charge in [0.2, 0.25) is 5.91 Å². The number of benzene rings is 2. The summed E-state index contributed by atoms with van der Waals surface area (Å²) < 4.78 is 6.16. The van der Waals surface area contributed by atoms with E-state index in [1.54, 1.807) is 23.1 Å². The minimum Gasteiger partial charge on any atom is -0.364 e. The third-order valence-corrected chi connectivity index (χ3v) is 6.41. The van der Waals surface area contributed by atoms with Crippen LogP contribution in [0.15, 0.2) is 42.5 Å². The monoisotopic (exact) mass is 396 g/mol. The lowest BCUT2D eigenvalue weighted by Crippen LogP contribution is -2.34. The molecule has 0 aliphatic carbocycles. The Morgan fingerprint density at radius 1 is 1.14 bits per heavy atom. The molecule has 5 nitrogen and oxygen atoms in total. The molecule has 1 spiro atoms. The number of halogens is 1. The summed E-state index contributed by atoms with van der Waals surface area (Å²) in [4.78, 5) is 28.8. The predicted octanol–water partition coefficient (Wildman–Crippen LogP) is 3.74. The zero-order chi connectivity index (χ0) is 19.3. The van der Waals surface area contributed by atoms with E-state index in [0.29, 0.717) is 48.9 Å². The highest BCUT2D eigenvalue weighted by Crippen LogP contribution is 2.43. The first-order valence-electron chi connectivity index (χ1n) is 9.69. The highest BCUT2D eigenvalue weighted by molar-refractivity contribution is 6.34. The van der Waals surface area contributed by atoms with Crippen LogP contribution in [0.5, 0.6) is 0 Å². The molecule has 5 rings (SSSR count). The van der Waals surface area contributed by atoms with Crippen molar-refractivity contribution in [1.82, 2.24) is 4.90 Å². The summed E-state index contributed by atoms with van der Waals surface area (Å²) in [6.45, 7) is 2.44. The average molecular weight is 397 g/mol. The van der Waals surface area contributed by atoms with Gasteiger partial charge in [0.1, 0.15) is 5.60 Å². The summed E-state index contributed by atoms with van der Waals surface area (Å²) in [5.74, 6) is 0.0111. The smallest absolute Gasteiger partial charge is 0.254 e. The second-order valence-corrected chi connectivity index (χ2v) is 8.14. The van der Waals surface area contributed by atoms with E-state index >= 15 is 0 Å². The molecule has 3 heterocycles. The molecule has 144 valence electrons. The third-order valence-electron chi connectivity index (χ3n) is 6.09. The van der Waals surface area contributed by atoms with E-state index in [-0.39, 0.29) is 11.8 Å². The van der Waals surface area contributed by atoms with Crippen LogP contribution in [-0.4, -0.2) is 36.3 Å². The number of ether oxygens (including phenoxy) is 1. The van der Waals surface area contributed by atoms with Gasteiger partial charge < -0.3 is 14.5 Å². The van der Waals surface area contributed by atoms with Gasteiger partial charge >= 0.3 is 0 Å². The maximum atomic E-state index is 13.2. The van der Waals surface area contributed by atoms with Gasteiger partial charge in [-0.2, -0.15) is 0 Å². The Bertz CT molecular complexity index is 976. The van der Waals surface area contributed by atoms with Crippen molar-refractivity contribution in [3.63, 3.8) is 0 Å². The highest BCUT2D eigenvalue weighted by Gasteiger charge is 2.46. The molecule has 28 heavy (non-hydrogen) atoms. The number of likely N-dealkylation sites (tertiary alicyclic amines) is 1. The number of anilines is 1. The van der Waals surface area contributed by atoms with E-state index in [1.165, 1.54) is 11.1 Å². The molecule has 0 N–H and O–H groups in total. The molecule has 3 aliphatic heterocycles. The Labute approximate surface area is 168 Å². The van der Waals surface area contributed by atoms with Crippen molar-refractivity contribution in [3.8, 4) is 0 Å². The molecule has 0 bridgehead atoms. The van der Waals surface area contributed by atoms with Crippen LogP contribution in [0.3, 0.4) is 0 Å². The minimum absolute atomic E-state index is 0.0468. The number of carbonyl (C=O) groups is 2. The van der Waals surface area contributed by atoms with Crippen LogP contribution >= 0.6 is 11.6 Å². The number of hydrogen-bond donors (Lipinski definition) is 0. The minimum atomic E-state index is -0.396. The molecule has 6 heteroatoms. The molecule has 2 fully saturated rings. The maximum Gasteiger partial charge on any atom is 0.254 e. The van der Waals surface area contributed by atoms with Gasteiger partial charge in [0, 0.05) is 25.1 Å². The van der Waals surface area contributed by atoms with Crippen molar-refractivity contribution in [1.29, 1.82) is 0 Å². The number of carbonyl (C=O) groups excluding carboxylic acids is 2. The van der Waals surface area contributed by atoms with Crippen LogP contribution in [0.25, 0.3) is 0 Å². The maximum absolute atomic E-state index is 13.2. The molecule has 3 aliphatic rings. The molecule has 1 unspecified atom stereocenters. The predicted molar refractivity (Wildman–Crippen MR) is 106 cm³/mol. The lowest BCUT2D eigenvalue weighted by Gasteiger charge is -2.25. The van der Waals surface area contributed by atoms with Crippen LogP contribution in [0, 0.1) is 0 Å². The Morgan fingerprint density at radius 3 is 2.82 bits per heavy atom. The van der Waals surface area contributed by atoms with Crippen molar-refractivity contribution in [2.24, 2.45) is 0 Å². The highest BCUT2D eigenvalue weighted by atomic mass is 35.5. The number of fused-ring (bicyclic) bond motifs is 2. The van der Waals surface area contributed by atoms with Crippen molar-refractivity contribution in [3.05, 3.63) is 64.2 Å². The van der Waals surface area contributed by atoms with Crippen LogP contribution < -0.4 is 4.90 Å². The summed E-state index contributed by atoms with van der Waals surface area (Å²) in [7, 11) is 0. The average Bonchev–Trinajstić information content (AvgIpc) is 3.42. The van der Waals surface area contributed by atoms with Crippen molar-refractivity contribution < 1.29 is 14.3 Å². The third kappa shape index (κ3) is 2.73. The first kappa shape index (κ1) is 17.7. The Hall–Kier alpha value is -2.37. The molecular formula is C22H21ClN2O3. The molecule has 0 radical (unpaired) electrons. The Morgan fingerprint density at radius 2 is 2.00 bits per heavy atom. The van der Waals surface area contributed by atoms with Gasteiger partial charge in [-0.3, -0.25) is 9.59 Å². The lowest BCUT2D eigenvalue weighted by atomic mass is 9.92. The van der Waals surface area contributed by atoms with E-state index in [9.17, 15) is 9.59 Å². The van der Waals surface area contributed by atoms with Crippen molar-refractivity contribution in [2.45, 2.75) is 31.5 Å². The van der Waals surface area contributed by atoms with Crippen LogP contribution in [0.1, 0.15) is 40.7 Å². The van der Waals surface area contributed by atoms with Gasteiger partial charge in [-0.15, -0.1) is 0 Å². The zero-order valence-electron chi connectivity index (χ0n) is 15.5. The van der Waals surface area contributed by atoms with Crippen molar-refractivity contribution >= 4 is 29.1 Å². The summed E-state index contributed by atoms with van der Waals surface area (Å²) >= 11 is 6.32.